The number of hydrogen-bond donors (Lipinski definition) is 0. The summed E-state index contributed by atoms with van der Waals surface area (Å²) in [4.78, 5) is 8.34. The molecular weight excluding hydrogens is 258 g/mol. The molecule has 0 unspecified atom stereocenters. The Morgan fingerprint density at radius 2 is 1.76 bits per heavy atom. The van der Waals surface area contributed by atoms with Crippen molar-refractivity contribution in [2.75, 3.05) is 11.9 Å². The predicted octanol–water partition coefficient (Wildman–Crippen LogP) is 3.52. The van der Waals surface area contributed by atoms with Crippen LogP contribution in [-0.4, -0.2) is 18.2 Å². The average Bonchev–Trinajstić information content (AvgIpc) is 2.96. The predicted molar refractivity (Wildman–Crippen MR) is 86.8 cm³/mol. The van der Waals surface area contributed by atoms with Gasteiger partial charge in [0.2, 0.25) is 6.67 Å². The first-order valence-electron chi connectivity index (χ1n) is 6.92. The molecule has 0 fully saturated rings. The molecule has 1 heterocycles. The fraction of sp³-hybridized carbons (Fsp3) is 0.111. The smallest absolute Gasteiger partial charge is 0.212 e. The van der Waals surface area contributed by atoms with E-state index >= 15 is 0 Å². The molecule has 1 aliphatic rings. The molecule has 104 valence electrons. The number of hydrogen-bond acceptors (Lipinski definition) is 3. The second-order valence-corrected chi connectivity index (χ2v) is 4.93. The molecule has 3 nitrogen and oxygen atoms in total. The molecule has 2 aromatic rings. The lowest BCUT2D eigenvalue weighted by Gasteiger charge is -2.15. The normalized spacial score (nSPS) is 14.3. The van der Waals surface area contributed by atoms with Crippen LogP contribution in [0.15, 0.2) is 72.0 Å². The molecule has 2 radical (unpaired) electrons. The van der Waals surface area contributed by atoms with Crippen LogP contribution in [0.5, 0.6) is 0 Å². The van der Waals surface area contributed by atoms with Crippen LogP contribution in [0, 0.1) is 6.67 Å². The third-order valence-corrected chi connectivity index (χ3v) is 3.23. The molecule has 2 aromatic carbocycles. The second kappa shape index (κ2) is 6.27. The molecular formula is C18H17N3. The number of benzene rings is 2. The molecule has 0 saturated heterocycles. The molecule has 0 N–H and O–H groups in total. The summed E-state index contributed by atoms with van der Waals surface area (Å²) in [5.74, 6) is 0. The van der Waals surface area contributed by atoms with Crippen molar-refractivity contribution in [1.29, 1.82) is 0 Å². The highest BCUT2D eigenvalue weighted by Gasteiger charge is 2.12. The SMILES string of the molecule is CN1[C]N(c2ccc(C=NCc3ccccc3)cc2)C=C1. The van der Waals surface area contributed by atoms with Crippen molar-refractivity contribution in [2.45, 2.75) is 6.54 Å². The van der Waals surface area contributed by atoms with E-state index in [1.807, 2.05) is 53.7 Å². The van der Waals surface area contributed by atoms with E-state index in [0.29, 0.717) is 6.54 Å². The Labute approximate surface area is 125 Å². The molecule has 21 heavy (non-hydrogen) atoms. The average molecular weight is 275 g/mol. The minimum atomic E-state index is 0.712. The van der Waals surface area contributed by atoms with Gasteiger partial charge in [-0.05, 0) is 23.3 Å². The summed E-state index contributed by atoms with van der Waals surface area (Å²) in [6.07, 6.45) is 5.86. The van der Waals surface area contributed by atoms with Crippen LogP contribution < -0.4 is 4.90 Å². The highest BCUT2D eigenvalue weighted by atomic mass is 15.3. The summed E-state index contributed by atoms with van der Waals surface area (Å²) in [6, 6.07) is 18.5. The Morgan fingerprint density at radius 3 is 2.43 bits per heavy atom. The van der Waals surface area contributed by atoms with E-state index in [-0.39, 0.29) is 0 Å². The van der Waals surface area contributed by atoms with Gasteiger partial charge in [0, 0.05) is 31.3 Å². The van der Waals surface area contributed by atoms with E-state index < -0.39 is 0 Å². The van der Waals surface area contributed by atoms with E-state index in [0.717, 1.165) is 11.3 Å². The molecule has 0 atom stereocenters. The standard InChI is InChI=1S/C18H17N3/c1-20-11-12-21(15-20)18-9-7-17(8-10-18)14-19-13-16-5-3-2-4-6-16/h2-12,14H,13H2,1H3. The maximum atomic E-state index is 4.47. The Kier molecular flexibility index (Phi) is 4.01. The summed E-state index contributed by atoms with van der Waals surface area (Å²) in [5, 5.41) is 0. The summed E-state index contributed by atoms with van der Waals surface area (Å²) < 4.78 is 0. The fourth-order valence-corrected chi connectivity index (χ4v) is 2.11. The lowest BCUT2D eigenvalue weighted by atomic mass is 10.2. The van der Waals surface area contributed by atoms with Crippen LogP contribution in [0.2, 0.25) is 0 Å². The first-order valence-corrected chi connectivity index (χ1v) is 6.92. The van der Waals surface area contributed by atoms with E-state index in [4.69, 9.17) is 0 Å². The van der Waals surface area contributed by atoms with Gasteiger partial charge in [0.05, 0.1) is 6.54 Å². The van der Waals surface area contributed by atoms with Crippen molar-refractivity contribution in [3.05, 3.63) is 84.8 Å². The number of anilines is 1. The van der Waals surface area contributed by atoms with Gasteiger partial charge < -0.3 is 9.80 Å². The Hall–Kier alpha value is -2.55. The lowest BCUT2D eigenvalue weighted by Crippen LogP contribution is -2.14. The molecule has 1 aliphatic heterocycles. The number of nitrogens with zero attached hydrogens (tertiary/aromatic N) is 3. The largest absolute Gasteiger partial charge is 0.349 e. The van der Waals surface area contributed by atoms with Crippen LogP contribution in [-0.2, 0) is 6.54 Å². The number of aliphatic imine (C=N–C) groups is 1. The van der Waals surface area contributed by atoms with Crippen LogP contribution in [0.3, 0.4) is 0 Å². The monoisotopic (exact) mass is 275 g/mol. The first kappa shape index (κ1) is 13.4. The molecule has 0 aliphatic carbocycles. The van der Waals surface area contributed by atoms with Gasteiger partial charge in [0.15, 0.2) is 0 Å². The Bertz CT molecular complexity index is 629. The third-order valence-electron chi connectivity index (χ3n) is 3.23. The third kappa shape index (κ3) is 3.51. The fourth-order valence-electron chi connectivity index (χ4n) is 2.11. The molecule has 0 amide bonds. The maximum Gasteiger partial charge on any atom is 0.212 e. The van der Waals surface area contributed by atoms with Crippen molar-refractivity contribution < 1.29 is 0 Å². The minimum Gasteiger partial charge on any atom is -0.349 e. The quantitative estimate of drug-likeness (QED) is 0.795. The van der Waals surface area contributed by atoms with Gasteiger partial charge in [0.1, 0.15) is 0 Å². The van der Waals surface area contributed by atoms with Gasteiger partial charge in [-0.3, -0.25) is 4.99 Å². The summed E-state index contributed by atoms with van der Waals surface area (Å²) >= 11 is 0. The zero-order chi connectivity index (χ0) is 14.5. The molecule has 0 bridgehead atoms. The summed E-state index contributed by atoms with van der Waals surface area (Å²) in [6.45, 7) is 3.89. The van der Waals surface area contributed by atoms with Gasteiger partial charge in [0.25, 0.3) is 0 Å². The maximum absolute atomic E-state index is 4.47. The summed E-state index contributed by atoms with van der Waals surface area (Å²) in [5.41, 5.74) is 3.42. The van der Waals surface area contributed by atoms with Gasteiger partial charge in [-0.15, -0.1) is 0 Å². The first-order chi connectivity index (χ1) is 10.3. The number of rotatable bonds is 4. The lowest BCUT2D eigenvalue weighted by molar-refractivity contribution is 0.574. The van der Waals surface area contributed by atoms with Crippen LogP contribution in [0.25, 0.3) is 0 Å². The van der Waals surface area contributed by atoms with Gasteiger partial charge in [-0.25, -0.2) is 0 Å². The van der Waals surface area contributed by atoms with Gasteiger partial charge in [-0.1, -0.05) is 42.5 Å². The van der Waals surface area contributed by atoms with Crippen molar-refractivity contribution >= 4 is 11.9 Å². The van der Waals surface area contributed by atoms with Crippen LogP contribution in [0.4, 0.5) is 5.69 Å². The topological polar surface area (TPSA) is 18.8 Å². The Morgan fingerprint density at radius 1 is 1.00 bits per heavy atom. The Balaban J connectivity index is 1.61. The summed E-state index contributed by atoms with van der Waals surface area (Å²) in [7, 11) is 1.96. The molecule has 0 spiro atoms. The van der Waals surface area contributed by atoms with E-state index in [2.05, 4.69) is 48.1 Å². The zero-order valence-corrected chi connectivity index (χ0v) is 12.0. The van der Waals surface area contributed by atoms with Crippen molar-refractivity contribution in [1.82, 2.24) is 4.90 Å². The zero-order valence-electron chi connectivity index (χ0n) is 12.0. The molecule has 3 rings (SSSR count). The second-order valence-electron chi connectivity index (χ2n) is 4.93. The van der Waals surface area contributed by atoms with Crippen molar-refractivity contribution in [2.24, 2.45) is 4.99 Å². The highest BCUT2D eigenvalue weighted by Crippen LogP contribution is 2.21. The molecule has 0 saturated carbocycles. The van der Waals surface area contributed by atoms with E-state index in [9.17, 15) is 0 Å². The van der Waals surface area contributed by atoms with Crippen molar-refractivity contribution in [3.63, 3.8) is 0 Å². The van der Waals surface area contributed by atoms with Gasteiger partial charge in [-0.2, -0.15) is 0 Å². The van der Waals surface area contributed by atoms with Crippen molar-refractivity contribution in [3.8, 4) is 0 Å². The van der Waals surface area contributed by atoms with Crippen LogP contribution in [0.1, 0.15) is 11.1 Å². The van der Waals surface area contributed by atoms with Gasteiger partial charge >= 0.3 is 0 Å². The highest BCUT2D eigenvalue weighted by molar-refractivity contribution is 5.80. The van der Waals surface area contributed by atoms with E-state index in [1.54, 1.807) is 0 Å². The van der Waals surface area contributed by atoms with E-state index in [1.165, 1.54) is 5.56 Å². The molecule has 3 heteroatoms. The minimum absolute atomic E-state index is 0.712. The molecule has 0 aromatic heterocycles. The van der Waals surface area contributed by atoms with Crippen LogP contribution >= 0.6 is 0 Å².